The smallest absolute Gasteiger partial charge is 0.235 e. The van der Waals surface area contributed by atoms with Crippen LogP contribution >= 0.6 is 15.9 Å². The molecule has 114 valence electrons. The third-order valence-corrected chi connectivity index (χ3v) is 5.11. The molecule has 1 saturated carbocycles. The molecule has 2 aromatic carbocycles. The molecular weight excluding hydrogens is 342 g/mol. The molecule has 2 aromatic rings. The lowest BCUT2D eigenvalue weighted by Gasteiger charge is -2.16. The van der Waals surface area contributed by atoms with Gasteiger partial charge in [-0.2, -0.15) is 0 Å². The molecule has 1 aliphatic rings. The second-order valence-corrected chi connectivity index (χ2v) is 6.58. The van der Waals surface area contributed by atoms with E-state index < -0.39 is 0 Å². The zero-order valence-corrected chi connectivity index (χ0v) is 14.2. The lowest BCUT2D eigenvalue weighted by atomic mass is 9.94. The molecule has 4 heteroatoms. The van der Waals surface area contributed by atoms with Crippen LogP contribution in [0.3, 0.4) is 0 Å². The summed E-state index contributed by atoms with van der Waals surface area (Å²) in [5, 5.41) is 3.04. The Labute approximate surface area is 138 Å². The van der Waals surface area contributed by atoms with Crippen molar-refractivity contribution in [2.75, 3.05) is 12.4 Å². The Balaban J connectivity index is 1.79. The van der Waals surface area contributed by atoms with Crippen molar-refractivity contribution in [2.45, 2.75) is 25.2 Å². The lowest BCUT2D eigenvalue weighted by molar-refractivity contribution is -0.118. The van der Waals surface area contributed by atoms with Crippen LogP contribution in [0.5, 0.6) is 5.75 Å². The predicted octanol–water partition coefficient (Wildman–Crippen LogP) is 4.44. The quantitative estimate of drug-likeness (QED) is 0.876. The van der Waals surface area contributed by atoms with Crippen LogP contribution in [0.1, 0.15) is 24.0 Å². The monoisotopic (exact) mass is 359 g/mol. The van der Waals surface area contributed by atoms with Crippen LogP contribution in [-0.4, -0.2) is 13.0 Å². The SMILES string of the molecule is COc1ccc(C2(C(=O)Nc3ccc(C)c(Br)c3)CC2)cc1. The fourth-order valence-corrected chi connectivity index (χ4v) is 2.98. The largest absolute Gasteiger partial charge is 0.497 e. The number of hydrogen-bond donors (Lipinski definition) is 1. The Bertz CT molecular complexity index is 706. The molecule has 0 atom stereocenters. The number of benzene rings is 2. The van der Waals surface area contributed by atoms with Crippen LogP contribution in [-0.2, 0) is 10.2 Å². The average molecular weight is 360 g/mol. The minimum Gasteiger partial charge on any atom is -0.497 e. The molecule has 1 N–H and O–H groups in total. The van der Waals surface area contributed by atoms with Crippen molar-refractivity contribution < 1.29 is 9.53 Å². The maximum atomic E-state index is 12.7. The van der Waals surface area contributed by atoms with Crippen molar-refractivity contribution in [2.24, 2.45) is 0 Å². The molecule has 22 heavy (non-hydrogen) atoms. The number of rotatable bonds is 4. The summed E-state index contributed by atoms with van der Waals surface area (Å²) in [6, 6.07) is 13.6. The van der Waals surface area contributed by atoms with Crippen LogP contribution in [0, 0.1) is 6.92 Å². The Hall–Kier alpha value is -1.81. The molecule has 0 saturated heterocycles. The number of carbonyl (C=O) groups is 1. The Morgan fingerprint density at radius 2 is 1.86 bits per heavy atom. The maximum absolute atomic E-state index is 12.7. The van der Waals surface area contributed by atoms with Gasteiger partial charge in [0.15, 0.2) is 0 Å². The summed E-state index contributed by atoms with van der Waals surface area (Å²) in [6.45, 7) is 2.02. The van der Waals surface area contributed by atoms with Crippen molar-refractivity contribution in [3.63, 3.8) is 0 Å². The van der Waals surface area contributed by atoms with Gasteiger partial charge in [-0.1, -0.05) is 34.1 Å². The first-order valence-electron chi connectivity index (χ1n) is 7.27. The second kappa shape index (κ2) is 5.76. The summed E-state index contributed by atoms with van der Waals surface area (Å²) in [5.74, 6) is 0.871. The van der Waals surface area contributed by atoms with Gasteiger partial charge in [0.2, 0.25) is 5.91 Å². The van der Waals surface area contributed by atoms with E-state index in [0.29, 0.717) is 0 Å². The number of methoxy groups -OCH3 is 1. The molecule has 1 amide bonds. The summed E-state index contributed by atoms with van der Waals surface area (Å²) >= 11 is 3.50. The Morgan fingerprint density at radius 3 is 2.41 bits per heavy atom. The van der Waals surface area contributed by atoms with E-state index in [9.17, 15) is 4.79 Å². The van der Waals surface area contributed by atoms with E-state index in [-0.39, 0.29) is 11.3 Å². The molecule has 0 aromatic heterocycles. The highest BCUT2D eigenvalue weighted by Crippen LogP contribution is 2.49. The first-order valence-corrected chi connectivity index (χ1v) is 8.06. The summed E-state index contributed by atoms with van der Waals surface area (Å²) < 4.78 is 6.18. The lowest BCUT2D eigenvalue weighted by Crippen LogP contribution is -2.27. The van der Waals surface area contributed by atoms with Gasteiger partial charge in [0.25, 0.3) is 0 Å². The molecular formula is C18H18BrNO2. The number of amides is 1. The molecule has 0 bridgehead atoms. The van der Waals surface area contributed by atoms with E-state index >= 15 is 0 Å². The summed E-state index contributed by atoms with van der Waals surface area (Å²) in [6.07, 6.45) is 1.77. The number of hydrogen-bond acceptors (Lipinski definition) is 2. The fourth-order valence-electron chi connectivity index (χ4n) is 2.60. The predicted molar refractivity (Wildman–Crippen MR) is 91.4 cm³/mol. The third kappa shape index (κ3) is 2.75. The molecule has 0 aliphatic heterocycles. The van der Waals surface area contributed by atoms with E-state index in [2.05, 4.69) is 21.2 Å². The van der Waals surface area contributed by atoms with Gasteiger partial charge in [-0.05, 0) is 55.2 Å². The molecule has 0 spiro atoms. The van der Waals surface area contributed by atoms with Crippen molar-refractivity contribution in [1.29, 1.82) is 0 Å². The first-order chi connectivity index (χ1) is 10.5. The maximum Gasteiger partial charge on any atom is 0.235 e. The van der Waals surface area contributed by atoms with Gasteiger partial charge in [-0.3, -0.25) is 4.79 Å². The number of aryl methyl sites for hydroxylation is 1. The molecule has 1 fully saturated rings. The summed E-state index contributed by atoms with van der Waals surface area (Å²) in [5.41, 5.74) is 2.64. The molecule has 0 heterocycles. The summed E-state index contributed by atoms with van der Waals surface area (Å²) in [4.78, 5) is 12.7. The molecule has 0 unspecified atom stereocenters. The summed E-state index contributed by atoms with van der Waals surface area (Å²) in [7, 11) is 1.64. The number of carbonyl (C=O) groups excluding carboxylic acids is 1. The average Bonchev–Trinajstić information content (AvgIpc) is 3.33. The highest BCUT2D eigenvalue weighted by Gasteiger charge is 2.51. The van der Waals surface area contributed by atoms with Crippen molar-refractivity contribution in [3.8, 4) is 5.75 Å². The first kappa shape index (κ1) is 15.1. The van der Waals surface area contributed by atoms with Crippen LogP contribution in [0.25, 0.3) is 0 Å². The third-order valence-electron chi connectivity index (χ3n) is 4.26. The molecule has 1 aliphatic carbocycles. The van der Waals surface area contributed by atoms with E-state index in [1.165, 1.54) is 0 Å². The normalized spacial score (nSPS) is 15.2. The number of ether oxygens (including phenoxy) is 1. The standard InChI is InChI=1S/C18H18BrNO2/c1-12-3-6-14(11-16(12)19)20-17(21)18(9-10-18)13-4-7-15(22-2)8-5-13/h3-8,11H,9-10H2,1-2H3,(H,20,21). The van der Waals surface area contributed by atoms with Gasteiger partial charge >= 0.3 is 0 Å². The van der Waals surface area contributed by atoms with Crippen LogP contribution in [0.4, 0.5) is 5.69 Å². The van der Waals surface area contributed by atoms with Gasteiger partial charge < -0.3 is 10.1 Å². The van der Waals surface area contributed by atoms with Gasteiger partial charge in [0.05, 0.1) is 12.5 Å². The Kier molecular flexibility index (Phi) is 3.96. The van der Waals surface area contributed by atoms with E-state index in [1.807, 2.05) is 49.4 Å². The minimum absolute atomic E-state index is 0.0634. The second-order valence-electron chi connectivity index (χ2n) is 5.73. The number of halogens is 1. The van der Waals surface area contributed by atoms with Crippen LogP contribution < -0.4 is 10.1 Å². The van der Waals surface area contributed by atoms with E-state index in [4.69, 9.17) is 4.74 Å². The molecule has 3 nitrogen and oxygen atoms in total. The van der Waals surface area contributed by atoms with E-state index in [0.717, 1.165) is 39.9 Å². The van der Waals surface area contributed by atoms with E-state index in [1.54, 1.807) is 7.11 Å². The van der Waals surface area contributed by atoms with Gasteiger partial charge in [-0.25, -0.2) is 0 Å². The zero-order chi connectivity index (χ0) is 15.7. The minimum atomic E-state index is -0.385. The van der Waals surface area contributed by atoms with Crippen LogP contribution in [0.15, 0.2) is 46.9 Å². The van der Waals surface area contributed by atoms with Gasteiger partial charge in [0, 0.05) is 10.2 Å². The zero-order valence-electron chi connectivity index (χ0n) is 12.7. The van der Waals surface area contributed by atoms with Gasteiger partial charge in [-0.15, -0.1) is 0 Å². The number of nitrogens with one attached hydrogen (secondary N) is 1. The highest BCUT2D eigenvalue weighted by atomic mass is 79.9. The van der Waals surface area contributed by atoms with Crippen LogP contribution in [0.2, 0.25) is 0 Å². The van der Waals surface area contributed by atoms with Crippen molar-refractivity contribution in [1.82, 2.24) is 0 Å². The van der Waals surface area contributed by atoms with Gasteiger partial charge in [0.1, 0.15) is 5.75 Å². The molecule has 0 radical (unpaired) electrons. The fraction of sp³-hybridized carbons (Fsp3) is 0.278. The van der Waals surface area contributed by atoms with Crippen molar-refractivity contribution in [3.05, 3.63) is 58.1 Å². The topological polar surface area (TPSA) is 38.3 Å². The highest BCUT2D eigenvalue weighted by molar-refractivity contribution is 9.10. The Morgan fingerprint density at radius 1 is 1.18 bits per heavy atom. The number of anilines is 1. The van der Waals surface area contributed by atoms with Crippen molar-refractivity contribution >= 4 is 27.5 Å². The molecule has 3 rings (SSSR count).